The Morgan fingerprint density at radius 3 is 2.52 bits per heavy atom. The van der Waals surface area contributed by atoms with E-state index in [-0.39, 0.29) is 11.5 Å². The van der Waals surface area contributed by atoms with Crippen molar-refractivity contribution >= 4 is 55.2 Å². The molecule has 3 N–H and O–H groups in total. The van der Waals surface area contributed by atoms with E-state index in [0.29, 0.717) is 25.9 Å². The van der Waals surface area contributed by atoms with Gasteiger partial charge in [0.1, 0.15) is 5.75 Å². The highest BCUT2D eigenvalue weighted by Crippen LogP contribution is 2.44. The summed E-state index contributed by atoms with van der Waals surface area (Å²) in [6, 6.07) is 8.74. The second kappa shape index (κ2) is 5.27. The number of halogens is 2. The number of hydrogen-bond donors (Lipinski definition) is 2. The van der Waals surface area contributed by atoms with Crippen LogP contribution >= 0.6 is 31.9 Å². The highest BCUT2D eigenvalue weighted by Gasteiger charge is 2.30. The third-order valence-corrected chi connectivity index (χ3v) is 4.74. The van der Waals surface area contributed by atoms with Gasteiger partial charge in [0.25, 0.3) is 0 Å². The molecule has 6 heteroatoms. The molecule has 1 atom stereocenters. The summed E-state index contributed by atoms with van der Waals surface area (Å²) in [6.45, 7) is 0. The van der Waals surface area contributed by atoms with Gasteiger partial charge >= 0.3 is 0 Å². The molecule has 21 heavy (non-hydrogen) atoms. The van der Waals surface area contributed by atoms with Crippen LogP contribution < -0.4 is 5.73 Å². The SMILES string of the molecule is Nc1ccc(C2C=Nc3cc(Br)c(O)c(Br)c3C2=O)cc1. The van der Waals surface area contributed by atoms with Crippen molar-refractivity contribution in [2.24, 2.45) is 4.99 Å². The predicted molar refractivity (Wildman–Crippen MR) is 89.6 cm³/mol. The number of nitrogens with two attached hydrogens (primary N) is 1. The number of nitrogens with zero attached hydrogens (tertiary/aromatic N) is 1. The lowest BCUT2D eigenvalue weighted by Gasteiger charge is -2.20. The number of hydrogen-bond acceptors (Lipinski definition) is 4. The number of fused-ring (bicyclic) bond motifs is 1. The van der Waals surface area contributed by atoms with E-state index >= 15 is 0 Å². The number of aliphatic imine (C=N–C) groups is 1. The van der Waals surface area contributed by atoms with Crippen LogP contribution in [0.25, 0.3) is 0 Å². The number of carbonyl (C=O) groups is 1. The van der Waals surface area contributed by atoms with E-state index in [4.69, 9.17) is 5.73 Å². The Labute approximate surface area is 138 Å². The number of Topliss-reactive ketones (excluding diaryl/α,β-unsaturated/α-hetero) is 1. The Hall–Kier alpha value is -1.66. The molecule has 1 aliphatic heterocycles. The summed E-state index contributed by atoms with van der Waals surface area (Å²) in [5, 5.41) is 9.96. The fourth-order valence-electron chi connectivity index (χ4n) is 2.25. The smallest absolute Gasteiger partial charge is 0.179 e. The first kappa shape index (κ1) is 14.3. The van der Waals surface area contributed by atoms with Crippen molar-refractivity contribution in [3.8, 4) is 5.75 Å². The quantitative estimate of drug-likeness (QED) is 0.693. The van der Waals surface area contributed by atoms with Crippen LogP contribution in [-0.2, 0) is 0 Å². The molecule has 0 aliphatic carbocycles. The zero-order valence-corrected chi connectivity index (χ0v) is 13.8. The molecule has 106 valence electrons. The Kier molecular flexibility index (Phi) is 3.59. The number of benzene rings is 2. The first-order chi connectivity index (χ1) is 9.99. The fourth-order valence-corrected chi connectivity index (χ4v) is 3.54. The number of phenolic OH excluding ortho intramolecular Hbond substituents is 1. The number of aromatic hydroxyl groups is 1. The van der Waals surface area contributed by atoms with Crippen LogP contribution in [0.5, 0.6) is 5.75 Å². The van der Waals surface area contributed by atoms with Gasteiger partial charge in [0.2, 0.25) is 0 Å². The van der Waals surface area contributed by atoms with Crippen molar-refractivity contribution in [3.63, 3.8) is 0 Å². The van der Waals surface area contributed by atoms with Crippen LogP contribution in [0.1, 0.15) is 21.8 Å². The maximum atomic E-state index is 12.7. The Morgan fingerprint density at radius 2 is 1.86 bits per heavy atom. The number of ketones is 1. The maximum Gasteiger partial charge on any atom is 0.179 e. The normalized spacial score (nSPS) is 16.9. The Bertz CT molecular complexity index is 770. The summed E-state index contributed by atoms with van der Waals surface area (Å²) in [4.78, 5) is 17.0. The van der Waals surface area contributed by atoms with Gasteiger partial charge in [-0.05, 0) is 55.6 Å². The lowest BCUT2D eigenvalue weighted by molar-refractivity contribution is 0.0982. The molecule has 0 saturated carbocycles. The van der Waals surface area contributed by atoms with Gasteiger partial charge < -0.3 is 10.8 Å². The molecule has 2 aromatic carbocycles. The molecule has 0 fully saturated rings. The van der Waals surface area contributed by atoms with E-state index in [1.165, 1.54) is 0 Å². The predicted octanol–water partition coefficient (Wildman–Crippen LogP) is 4.18. The van der Waals surface area contributed by atoms with Crippen molar-refractivity contribution in [1.29, 1.82) is 0 Å². The average molecular weight is 410 g/mol. The van der Waals surface area contributed by atoms with E-state index in [9.17, 15) is 9.90 Å². The molecular weight excluding hydrogens is 400 g/mol. The van der Waals surface area contributed by atoms with E-state index in [1.54, 1.807) is 24.4 Å². The van der Waals surface area contributed by atoms with Crippen LogP contribution in [0.15, 0.2) is 44.3 Å². The van der Waals surface area contributed by atoms with Crippen LogP contribution in [-0.4, -0.2) is 17.1 Å². The summed E-state index contributed by atoms with van der Waals surface area (Å²) in [5.74, 6) is -0.593. The zero-order chi connectivity index (χ0) is 15.1. The third kappa shape index (κ3) is 2.38. The molecule has 0 aromatic heterocycles. The summed E-state index contributed by atoms with van der Waals surface area (Å²) in [6.07, 6.45) is 1.62. The first-order valence-electron chi connectivity index (χ1n) is 6.14. The maximum absolute atomic E-state index is 12.7. The molecule has 2 aromatic rings. The molecule has 0 spiro atoms. The lowest BCUT2D eigenvalue weighted by Crippen LogP contribution is -2.18. The fraction of sp³-hybridized carbons (Fsp3) is 0.0667. The number of phenols is 1. The summed E-state index contributed by atoms with van der Waals surface area (Å²) in [7, 11) is 0. The van der Waals surface area contributed by atoms with Crippen molar-refractivity contribution < 1.29 is 9.90 Å². The minimum absolute atomic E-state index is 0.00439. The highest BCUT2D eigenvalue weighted by atomic mass is 79.9. The Balaban J connectivity index is 2.11. The van der Waals surface area contributed by atoms with E-state index in [1.807, 2.05) is 12.1 Å². The molecule has 4 nitrogen and oxygen atoms in total. The average Bonchev–Trinajstić information content (AvgIpc) is 2.46. The van der Waals surface area contributed by atoms with Crippen LogP contribution in [0.3, 0.4) is 0 Å². The highest BCUT2D eigenvalue weighted by molar-refractivity contribution is 9.11. The molecule has 0 amide bonds. The second-order valence-electron chi connectivity index (χ2n) is 4.70. The number of nitrogen functional groups attached to an aromatic ring is 1. The lowest BCUT2D eigenvalue weighted by atomic mass is 9.88. The molecule has 0 saturated heterocycles. The Morgan fingerprint density at radius 1 is 1.19 bits per heavy atom. The van der Waals surface area contributed by atoms with E-state index < -0.39 is 5.92 Å². The van der Waals surface area contributed by atoms with Gasteiger partial charge in [-0.25, -0.2) is 0 Å². The standard InChI is InChI=1S/C15H10Br2N2O2/c16-10-5-11-12(13(17)15(10)21)14(20)9(6-19-11)7-1-3-8(18)4-2-7/h1-6,9,21H,18H2. The summed E-state index contributed by atoms with van der Waals surface area (Å²) < 4.78 is 0.846. The topological polar surface area (TPSA) is 75.7 Å². The van der Waals surface area contributed by atoms with Gasteiger partial charge in [0.15, 0.2) is 5.78 Å². The van der Waals surface area contributed by atoms with Gasteiger partial charge in [-0.3, -0.25) is 9.79 Å². The molecular formula is C15H10Br2N2O2. The number of rotatable bonds is 1. The van der Waals surface area contributed by atoms with Gasteiger partial charge in [0.05, 0.1) is 26.1 Å². The third-order valence-electron chi connectivity index (χ3n) is 3.36. The van der Waals surface area contributed by atoms with Crippen molar-refractivity contribution in [3.05, 3.63) is 50.4 Å². The molecule has 1 aliphatic rings. The molecule has 3 rings (SSSR count). The van der Waals surface area contributed by atoms with Gasteiger partial charge in [-0.15, -0.1) is 0 Å². The molecule has 0 radical (unpaired) electrons. The number of anilines is 1. The largest absolute Gasteiger partial charge is 0.506 e. The summed E-state index contributed by atoms with van der Waals surface area (Å²) in [5.41, 5.74) is 8.04. The summed E-state index contributed by atoms with van der Waals surface area (Å²) >= 11 is 6.51. The van der Waals surface area contributed by atoms with Crippen molar-refractivity contribution in [2.75, 3.05) is 5.73 Å². The van der Waals surface area contributed by atoms with Gasteiger partial charge in [-0.1, -0.05) is 12.1 Å². The van der Waals surface area contributed by atoms with E-state index in [2.05, 4.69) is 36.9 Å². The van der Waals surface area contributed by atoms with E-state index in [0.717, 1.165) is 5.56 Å². The zero-order valence-electron chi connectivity index (χ0n) is 10.7. The molecule has 1 heterocycles. The van der Waals surface area contributed by atoms with Crippen LogP contribution in [0.2, 0.25) is 0 Å². The van der Waals surface area contributed by atoms with Crippen LogP contribution in [0.4, 0.5) is 11.4 Å². The van der Waals surface area contributed by atoms with Gasteiger partial charge in [-0.2, -0.15) is 0 Å². The minimum atomic E-state index is -0.477. The molecule has 0 bridgehead atoms. The van der Waals surface area contributed by atoms with Gasteiger partial charge in [0, 0.05) is 11.9 Å². The first-order valence-corrected chi connectivity index (χ1v) is 7.72. The van der Waals surface area contributed by atoms with Crippen molar-refractivity contribution in [2.45, 2.75) is 5.92 Å². The van der Waals surface area contributed by atoms with Crippen LogP contribution in [0, 0.1) is 0 Å². The second-order valence-corrected chi connectivity index (χ2v) is 6.35. The molecule has 1 unspecified atom stereocenters. The monoisotopic (exact) mass is 408 g/mol. The minimum Gasteiger partial charge on any atom is -0.506 e. The number of carbonyl (C=O) groups excluding carboxylic acids is 1. The van der Waals surface area contributed by atoms with Crippen molar-refractivity contribution in [1.82, 2.24) is 0 Å².